The van der Waals surface area contributed by atoms with Crippen molar-refractivity contribution in [2.24, 2.45) is 7.05 Å². The third kappa shape index (κ3) is 2.40. The van der Waals surface area contributed by atoms with Gasteiger partial charge >= 0.3 is 0 Å². The van der Waals surface area contributed by atoms with Crippen LogP contribution in [0.1, 0.15) is 53.7 Å². The maximum absolute atomic E-state index is 13.1. The number of carbonyl (C=O) groups excluding carboxylic acids is 1. The van der Waals surface area contributed by atoms with Crippen LogP contribution < -0.4 is 5.32 Å². The lowest BCUT2D eigenvalue weighted by Crippen LogP contribution is -2.47. The highest BCUT2D eigenvalue weighted by molar-refractivity contribution is 6.01. The minimum Gasteiger partial charge on any atom is -0.361 e. The van der Waals surface area contributed by atoms with E-state index in [2.05, 4.69) is 31.2 Å². The molecule has 1 amide bonds. The van der Waals surface area contributed by atoms with E-state index in [1.54, 1.807) is 0 Å². The monoisotopic (exact) mass is 312 g/mol. The number of carbonyl (C=O) groups is 1. The molecule has 0 spiro atoms. The Morgan fingerprint density at radius 3 is 2.61 bits per heavy atom. The van der Waals surface area contributed by atoms with E-state index in [1.165, 1.54) is 0 Å². The number of nitrogens with one attached hydrogen (secondary N) is 1. The summed E-state index contributed by atoms with van der Waals surface area (Å²) in [4.78, 5) is 15.0. The molecule has 1 N–H and O–H groups in total. The predicted octanol–water partition coefficient (Wildman–Crippen LogP) is 3.40. The zero-order chi connectivity index (χ0) is 16.7. The molecule has 2 atom stereocenters. The van der Waals surface area contributed by atoms with Gasteiger partial charge in [0.2, 0.25) is 0 Å². The summed E-state index contributed by atoms with van der Waals surface area (Å²) >= 11 is 0. The molecule has 122 valence electrons. The zero-order valence-electron chi connectivity index (χ0n) is 14.4. The summed E-state index contributed by atoms with van der Waals surface area (Å²) in [7, 11) is 1.94. The van der Waals surface area contributed by atoms with Crippen molar-refractivity contribution in [2.45, 2.75) is 46.3 Å². The Labute approximate surface area is 137 Å². The maximum atomic E-state index is 13.1. The SMILES string of the molecule is CC[C@@H](C)N1C(=O)c2ccccc2N[C@H]1c1c(C)nn(C)c1C. The molecular formula is C18H24N4O. The van der Waals surface area contributed by atoms with Gasteiger partial charge in [-0.25, -0.2) is 0 Å². The van der Waals surface area contributed by atoms with Crippen LogP contribution in [0.15, 0.2) is 24.3 Å². The fraction of sp³-hybridized carbons (Fsp3) is 0.444. The molecule has 3 rings (SSSR count). The van der Waals surface area contributed by atoms with E-state index in [-0.39, 0.29) is 18.1 Å². The van der Waals surface area contributed by atoms with Gasteiger partial charge in [0.1, 0.15) is 6.17 Å². The van der Waals surface area contributed by atoms with Gasteiger partial charge < -0.3 is 10.2 Å². The van der Waals surface area contributed by atoms with Crippen molar-refractivity contribution in [2.75, 3.05) is 5.32 Å². The van der Waals surface area contributed by atoms with Crippen molar-refractivity contribution < 1.29 is 4.79 Å². The molecule has 1 aromatic heterocycles. The lowest BCUT2D eigenvalue weighted by molar-refractivity contribution is 0.0592. The predicted molar refractivity (Wildman–Crippen MR) is 91.4 cm³/mol. The number of nitrogens with zero attached hydrogens (tertiary/aromatic N) is 3. The average molecular weight is 312 g/mol. The number of fused-ring (bicyclic) bond motifs is 1. The van der Waals surface area contributed by atoms with Gasteiger partial charge in [-0.3, -0.25) is 9.48 Å². The molecular weight excluding hydrogens is 288 g/mol. The second-order valence-electron chi connectivity index (χ2n) is 6.27. The quantitative estimate of drug-likeness (QED) is 0.945. The molecule has 2 heterocycles. The average Bonchev–Trinajstić information content (AvgIpc) is 2.79. The molecule has 0 saturated carbocycles. The summed E-state index contributed by atoms with van der Waals surface area (Å²) in [5.74, 6) is 0.0846. The van der Waals surface area contributed by atoms with Crippen LogP contribution in [0.4, 0.5) is 5.69 Å². The third-order valence-electron chi connectivity index (χ3n) is 4.87. The topological polar surface area (TPSA) is 50.2 Å². The van der Waals surface area contributed by atoms with Crippen molar-refractivity contribution in [1.29, 1.82) is 0 Å². The fourth-order valence-electron chi connectivity index (χ4n) is 3.32. The van der Waals surface area contributed by atoms with Gasteiger partial charge in [0.25, 0.3) is 5.91 Å². The van der Waals surface area contributed by atoms with Gasteiger partial charge in [0.05, 0.1) is 11.3 Å². The molecule has 1 aliphatic heterocycles. The highest BCUT2D eigenvalue weighted by atomic mass is 16.2. The lowest BCUT2D eigenvalue weighted by atomic mass is 10.00. The molecule has 23 heavy (non-hydrogen) atoms. The standard InChI is InChI=1S/C18H24N4O/c1-6-11(2)22-17(16-12(3)20-21(5)13(16)4)19-15-10-8-7-9-14(15)18(22)23/h7-11,17,19H,6H2,1-5H3/t11-,17-/m1/s1. The second kappa shape index (κ2) is 5.72. The van der Waals surface area contributed by atoms with E-state index in [1.807, 2.05) is 47.8 Å². The van der Waals surface area contributed by atoms with Gasteiger partial charge in [0, 0.05) is 30.0 Å². The highest BCUT2D eigenvalue weighted by Gasteiger charge is 2.37. The summed E-state index contributed by atoms with van der Waals surface area (Å²) < 4.78 is 1.88. The number of benzene rings is 1. The van der Waals surface area contributed by atoms with E-state index in [9.17, 15) is 4.79 Å². The largest absolute Gasteiger partial charge is 0.361 e. The number of amides is 1. The van der Waals surface area contributed by atoms with E-state index in [0.29, 0.717) is 0 Å². The number of para-hydroxylation sites is 1. The molecule has 5 heteroatoms. The molecule has 0 unspecified atom stereocenters. The lowest BCUT2D eigenvalue weighted by Gasteiger charge is -2.41. The van der Waals surface area contributed by atoms with E-state index >= 15 is 0 Å². The molecule has 1 aromatic carbocycles. The van der Waals surface area contributed by atoms with Crippen LogP contribution in [0, 0.1) is 13.8 Å². The van der Waals surface area contributed by atoms with Crippen molar-refractivity contribution in [3.63, 3.8) is 0 Å². The minimum absolute atomic E-state index is 0.0846. The molecule has 0 saturated heterocycles. The Kier molecular flexibility index (Phi) is 3.88. The van der Waals surface area contributed by atoms with Gasteiger partial charge in [-0.2, -0.15) is 5.10 Å². The number of aryl methyl sites for hydroxylation is 2. The smallest absolute Gasteiger partial charge is 0.258 e. The Hall–Kier alpha value is -2.30. The van der Waals surface area contributed by atoms with Crippen molar-refractivity contribution in [3.8, 4) is 0 Å². The Morgan fingerprint density at radius 2 is 2.00 bits per heavy atom. The maximum Gasteiger partial charge on any atom is 0.258 e. The summed E-state index contributed by atoms with van der Waals surface area (Å²) in [6, 6.07) is 7.87. The van der Waals surface area contributed by atoms with E-state index in [0.717, 1.165) is 34.6 Å². The third-order valence-corrected chi connectivity index (χ3v) is 4.87. The number of rotatable bonds is 3. The van der Waals surface area contributed by atoms with Crippen LogP contribution in [0.3, 0.4) is 0 Å². The number of hydrogen-bond donors (Lipinski definition) is 1. The van der Waals surface area contributed by atoms with E-state index in [4.69, 9.17) is 0 Å². The van der Waals surface area contributed by atoms with Gasteiger partial charge in [-0.1, -0.05) is 19.1 Å². The van der Waals surface area contributed by atoms with Gasteiger partial charge in [0.15, 0.2) is 0 Å². The van der Waals surface area contributed by atoms with Gasteiger partial charge in [-0.05, 0) is 39.3 Å². The number of anilines is 1. The molecule has 1 aliphatic rings. The van der Waals surface area contributed by atoms with E-state index < -0.39 is 0 Å². The van der Waals surface area contributed by atoms with Gasteiger partial charge in [-0.15, -0.1) is 0 Å². The molecule has 0 radical (unpaired) electrons. The second-order valence-corrected chi connectivity index (χ2v) is 6.27. The first-order chi connectivity index (χ1) is 11.0. The van der Waals surface area contributed by atoms with Crippen LogP contribution in [0.5, 0.6) is 0 Å². The first-order valence-corrected chi connectivity index (χ1v) is 8.14. The first-order valence-electron chi connectivity index (χ1n) is 8.14. The number of aromatic nitrogens is 2. The van der Waals surface area contributed by atoms with Crippen LogP contribution >= 0.6 is 0 Å². The van der Waals surface area contributed by atoms with Crippen molar-refractivity contribution in [3.05, 3.63) is 46.8 Å². The molecule has 0 bridgehead atoms. The summed E-state index contributed by atoms with van der Waals surface area (Å²) in [6.07, 6.45) is 0.728. The van der Waals surface area contributed by atoms with Crippen LogP contribution in [0.2, 0.25) is 0 Å². The highest BCUT2D eigenvalue weighted by Crippen LogP contribution is 2.37. The fourth-order valence-corrected chi connectivity index (χ4v) is 3.32. The Bertz CT molecular complexity index is 749. The molecule has 0 aliphatic carbocycles. The molecule has 2 aromatic rings. The van der Waals surface area contributed by atoms with Crippen molar-refractivity contribution >= 4 is 11.6 Å². The minimum atomic E-state index is -0.180. The van der Waals surface area contributed by atoms with Crippen LogP contribution in [-0.4, -0.2) is 26.6 Å². The summed E-state index contributed by atoms with van der Waals surface area (Å²) in [5, 5.41) is 8.08. The van der Waals surface area contributed by atoms with Crippen LogP contribution in [-0.2, 0) is 7.05 Å². The first kappa shape index (κ1) is 15.6. The van der Waals surface area contributed by atoms with Crippen LogP contribution in [0.25, 0.3) is 0 Å². The molecule has 5 nitrogen and oxygen atoms in total. The summed E-state index contributed by atoms with van der Waals surface area (Å²) in [5.41, 5.74) is 4.77. The molecule has 0 fully saturated rings. The Morgan fingerprint density at radius 1 is 1.30 bits per heavy atom. The summed E-state index contributed by atoms with van der Waals surface area (Å²) in [6.45, 7) is 8.26. The normalized spacial score (nSPS) is 18.6. The Balaban J connectivity index is 2.15. The van der Waals surface area contributed by atoms with Crippen molar-refractivity contribution in [1.82, 2.24) is 14.7 Å². The number of hydrogen-bond acceptors (Lipinski definition) is 3. The zero-order valence-corrected chi connectivity index (χ0v) is 14.4.